The molecule has 2 rings (SSSR count). The average molecular weight is 365 g/mol. The average Bonchev–Trinajstić information content (AvgIpc) is 2.57. The van der Waals surface area contributed by atoms with Gasteiger partial charge < -0.3 is 9.47 Å². The second-order valence-electron chi connectivity index (χ2n) is 6.28. The van der Waals surface area contributed by atoms with Gasteiger partial charge in [-0.3, -0.25) is 18.9 Å². The molecule has 0 radical (unpaired) electrons. The Morgan fingerprint density at radius 1 is 0.875 bits per heavy atom. The van der Waals surface area contributed by atoms with E-state index < -0.39 is 10.1 Å². The summed E-state index contributed by atoms with van der Waals surface area (Å²) in [6.07, 6.45) is 1.10. The molecule has 24 heavy (non-hydrogen) atoms. The molecule has 0 bridgehead atoms. The predicted octanol–water partition coefficient (Wildman–Crippen LogP) is -1.07. The Morgan fingerprint density at radius 2 is 1.33 bits per heavy atom. The van der Waals surface area contributed by atoms with Gasteiger partial charge in [-0.1, -0.05) is 0 Å². The summed E-state index contributed by atoms with van der Waals surface area (Å²) in [4.78, 5) is 7.07. The topological polar surface area (TPSA) is 71.6 Å². The maximum Gasteiger partial charge on any atom is 0.264 e. The molecule has 9 heteroatoms. The Labute approximate surface area is 145 Å². The fourth-order valence-electron chi connectivity index (χ4n) is 2.87. The van der Waals surface area contributed by atoms with Crippen LogP contribution in [0, 0.1) is 0 Å². The number of hydrogen-bond donors (Lipinski definition) is 0. The highest BCUT2D eigenvalue weighted by atomic mass is 32.2. The Balaban J connectivity index is 1.73. The van der Waals surface area contributed by atoms with Crippen LogP contribution in [0.4, 0.5) is 0 Å². The number of rotatable bonds is 10. The second-order valence-corrected chi connectivity index (χ2v) is 7.92. The first kappa shape index (κ1) is 20.0. The Hall–Kier alpha value is -0.290. The van der Waals surface area contributed by atoms with Gasteiger partial charge in [0.15, 0.2) is 0 Å². The summed E-state index contributed by atoms with van der Waals surface area (Å²) >= 11 is 0. The summed E-state index contributed by atoms with van der Waals surface area (Å²) in [6.45, 7) is 11.7. The van der Waals surface area contributed by atoms with Gasteiger partial charge in [-0.25, -0.2) is 0 Å². The molecule has 142 valence electrons. The summed E-state index contributed by atoms with van der Waals surface area (Å²) < 4.78 is 37.9. The van der Waals surface area contributed by atoms with Crippen LogP contribution in [0.1, 0.15) is 0 Å². The van der Waals surface area contributed by atoms with Crippen molar-refractivity contribution in [3.05, 3.63) is 0 Å². The van der Waals surface area contributed by atoms with E-state index in [-0.39, 0.29) is 6.61 Å². The van der Waals surface area contributed by atoms with E-state index in [1.54, 1.807) is 0 Å². The van der Waals surface area contributed by atoms with Crippen LogP contribution in [0.25, 0.3) is 0 Å². The molecule has 2 aliphatic rings. The summed E-state index contributed by atoms with van der Waals surface area (Å²) in [6, 6.07) is 0. The lowest BCUT2D eigenvalue weighted by Crippen LogP contribution is -2.45. The molecule has 0 aromatic heterocycles. The third-order valence-corrected chi connectivity index (χ3v) is 4.97. The minimum Gasteiger partial charge on any atom is -0.379 e. The molecule has 0 unspecified atom stereocenters. The molecule has 0 aliphatic carbocycles. The molecule has 2 heterocycles. The molecule has 0 spiro atoms. The molecule has 0 saturated carbocycles. The fraction of sp³-hybridized carbons (Fsp3) is 1.00. The molecular formula is C15H31N3O5S. The van der Waals surface area contributed by atoms with Crippen molar-refractivity contribution in [2.45, 2.75) is 0 Å². The van der Waals surface area contributed by atoms with Crippen molar-refractivity contribution >= 4 is 10.1 Å². The summed E-state index contributed by atoms with van der Waals surface area (Å²) in [7, 11) is -3.37. The van der Waals surface area contributed by atoms with E-state index in [1.807, 2.05) is 0 Å². The Bertz CT molecular complexity index is 414. The third kappa shape index (κ3) is 8.70. The van der Waals surface area contributed by atoms with Crippen LogP contribution < -0.4 is 0 Å². The quantitative estimate of drug-likeness (QED) is 0.453. The van der Waals surface area contributed by atoms with E-state index in [0.717, 1.165) is 85.0 Å². The van der Waals surface area contributed by atoms with Crippen LogP contribution in [0.3, 0.4) is 0 Å². The van der Waals surface area contributed by atoms with E-state index in [9.17, 15) is 8.42 Å². The summed E-state index contributed by atoms with van der Waals surface area (Å²) in [5.74, 6) is 0. The Kier molecular flexibility index (Phi) is 8.88. The largest absolute Gasteiger partial charge is 0.379 e. The zero-order valence-corrected chi connectivity index (χ0v) is 15.5. The van der Waals surface area contributed by atoms with Crippen molar-refractivity contribution in [2.24, 2.45) is 0 Å². The van der Waals surface area contributed by atoms with E-state index in [0.29, 0.717) is 6.54 Å². The van der Waals surface area contributed by atoms with Gasteiger partial charge in [0.05, 0.1) is 39.3 Å². The highest BCUT2D eigenvalue weighted by Crippen LogP contribution is 2.01. The van der Waals surface area contributed by atoms with Crippen molar-refractivity contribution in [3.63, 3.8) is 0 Å². The van der Waals surface area contributed by atoms with Crippen LogP contribution in [-0.2, 0) is 23.8 Å². The maximum absolute atomic E-state index is 11.1. The number of morpholine rings is 2. The van der Waals surface area contributed by atoms with Crippen LogP contribution in [0.15, 0.2) is 0 Å². The first-order valence-electron chi connectivity index (χ1n) is 8.70. The first-order valence-corrected chi connectivity index (χ1v) is 10.5. The van der Waals surface area contributed by atoms with Gasteiger partial charge in [0.2, 0.25) is 0 Å². The van der Waals surface area contributed by atoms with Gasteiger partial charge in [0, 0.05) is 58.9 Å². The van der Waals surface area contributed by atoms with Gasteiger partial charge in [0.25, 0.3) is 10.1 Å². The first-order chi connectivity index (χ1) is 11.5. The summed E-state index contributed by atoms with van der Waals surface area (Å²) in [5, 5.41) is 0. The predicted molar refractivity (Wildman–Crippen MR) is 91.8 cm³/mol. The van der Waals surface area contributed by atoms with E-state index in [4.69, 9.17) is 13.7 Å². The second kappa shape index (κ2) is 10.6. The SMILES string of the molecule is CS(=O)(=O)OCCN(CCN1CCOCC1)CCN1CCOCC1. The van der Waals surface area contributed by atoms with Gasteiger partial charge in [0.1, 0.15) is 0 Å². The minimum absolute atomic E-state index is 0.213. The van der Waals surface area contributed by atoms with Crippen molar-refractivity contribution in [3.8, 4) is 0 Å². The smallest absolute Gasteiger partial charge is 0.264 e. The fourth-order valence-corrected chi connectivity index (χ4v) is 3.25. The zero-order valence-electron chi connectivity index (χ0n) is 14.7. The van der Waals surface area contributed by atoms with Crippen LogP contribution in [0.2, 0.25) is 0 Å². The van der Waals surface area contributed by atoms with Crippen molar-refractivity contribution in [2.75, 3.05) is 98.2 Å². The van der Waals surface area contributed by atoms with E-state index in [2.05, 4.69) is 14.7 Å². The minimum atomic E-state index is -3.37. The third-order valence-electron chi connectivity index (χ3n) is 4.38. The Morgan fingerprint density at radius 3 is 1.75 bits per heavy atom. The standard InChI is InChI=1S/C15H31N3O5S/c1-24(19,20)23-15-10-16(2-4-17-6-11-21-12-7-17)3-5-18-8-13-22-14-9-18/h2-15H2,1H3. The van der Waals surface area contributed by atoms with Crippen LogP contribution >= 0.6 is 0 Å². The molecule has 2 aliphatic heterocycles. The number of ether oxygens (including phenoxy) is 2. The maximum atomic E-state index is 11.1. The van der Waals surface area contributed by atoms with E-state index >= 15 is 0 Å². The van der Waals surface area contributed by atoms with Gasteiger partial charge in [-0.15, -0.1) is 0 Å². The van der Waals surface area contributed by atoms with E-state index in [1.165, 1.54) is 0 Å². The molecule has 0 atom stereocenters. The van der Waals surface area contributed by atoms with Crippen molar-refractivity contribution < 1.29 is 22.1 Å². The van der Waals surface area contributed by atoms with Crippen LogP contribution in [-0.4, -0.2) is 121 Å². The molecule has 0 amide bonds. The van der Waals surface area contributed by atoms with Gasteiger partial charge in [-0.05, 0) is 0 Å². The van der Waals surface area contributed by atoms with Gasteiger partial charge in [-0.2, -0.15) is 8.42 Å². The van der Waals surface area contributed by atoms with Crippen molar-refractivity contribution in [1.82, 2.24) is 14.7 Å². The lowest BCUT2D eigenvalue weighted by atomic mass is 10.3. The zero-order chi connectivity index (χ0) is 17.3. The molecular weight excluding hydrogens is 334 g/mol. The number of nitrogens with zero attached hydrogens (tertiary/aromatic N) is 3. The number of hydrogen-bond acceptors (Lipinski definition) is 8. The summed E-state index contributed by atoms with van der Waals surface area (Å²) in [5.41, 5.74) is 0. The molecule has 0 N–H and O–H groups in total. The lowest BCUT2D eigenvalue weighted by molar-refractivity contribution is 0.0248. The highest BCUT2D eigenvalue weighted by molar-refractivity contribution is 7.85. The normalized spacial score (nSPS) is 21.4. The molecule has 0 aromatic rings. The van der Waals surface area contributed by atoms with Gasteiger partial charge >= 0.3 is 0 Å². The van der Waals surface area contributed by atoms with Crippen molar-refractivity contribution in [1.29, 1.82) is 0 Å². The monoisotopic (exact) mass is 365 g/mol. The molecule has 0 aromatic carbocycles. The molecule has 2 fully saturated rings. The van der Waals surface area contributed by atoms with Crippen LogP contribution in [0.5, 0.6) is 0 Å². The lowest BCUT2D eigenvalue weighted by Gasteiger charge is -2.32. The highest BCUT2D eigenvalue weighted by Gasteiger charge is 2.15. The molecule has 8 nitrogen and oxygen atoms in total. The molecule has 2 saturated heterocycles.